The van der Waals surface area contributed by atoms with Gasteiger partial charge in [-0.05, 0) is 42.9 Å². The van der Waals surface area contributed by atoms with Gasteiger partial charge >= 0.3 is 6.18 Å². The van der Waals surface area contributed by atoms with Crippen LogP contribution in [0.25, 0.3) is 0 Å². The molecule has 1 aromatic heterocycles. The Bertz CT molecular complexity index is 615. The summed E-state index contributed by atoms with van der Waals surface area (Å²) in [5, 5.41) is 4.14. The molecule has 0 spiro atoms. The van der Waals surface area contributed by atoms with Gasteiger partial charge in [0, 0.05) is 22.7 Å². The van der Waals surface area contributed by atoms with E-state index >= 15 is 0 Å². The van der Waals surface area contributed by atoms with E-state index in [4.69, 9.17) is 11.6 Å². The number of hydrogen-bond acceptors (Lipinski definition) is 3. The Balaban J connectivity index is 2.22. The highest BCUT2D eigenvalue weighted by Crippen LogP contribution is 2.33. The van der Waals surface area contributed by atoms with Crippen molar-refractivity contribution in [2.24, 2.45) is 0 Å². The summed E-state index contributed by atoms with van der Waals surface area (Å²) in [4.78, 5) is 4.76. The first-order chi connectivity index (χ1) is 9.90. The van der Waals surface area contributed by atoms with Crippen LogP contribution in [0.15, 0.2) is 46.5 Å². The number of pyridine rings is 1. The Hall–Kier alpha value is -1.24. The van der Waals surface area contributed by atoms with Crippen LogP contribution in [0.3, 0.4) is 0 Å². The van der Waals surface area contributed by atoms with Crippen molar-refractivity contribution in [3.05, 3.63) is 52.7 Å². The Morgan fingerprint density at radius 2 is 2.00 bits per heavy atom. The molecule has 7 heteroatoms. The number of nitrogens with one attached hydrogen (secondary N) is 1. The number of aromatic nitrogens is 1. The van der Waals surface area contributed by atoms with Gasteiger partial charge in [-0.25, -0.2) is 4.98 Å². The first-order valence-corrected chi connectivity index (χ1v) is 7.23. The zero-order valence-electron chi connectivity index (χ0n) is 11.0. The molecule has 0 aliphatic rings. The number of hydrogen-bond donors (Lipinski definition) is 1. The van der Waals surface area contributed by atoms with E-state index < -0.39 is 11.7 Å². The van der Waals surface area contributed by atoms with Crippen LogP contribution in [0.5, 0.6) is 0 Å². The second kappa shape index (κ2) is 6.68. The molecule has 2 aromatic rings. The minimum absolute atomic E-state index is 0.502. The molecule has 0 amide bonds. The number of rotatable bonds is 4. The van der Waals surface area contributed by atoms with E-state index in [9.17, 15) is 13.2 Å². The molecule has 1 aromatic carbocycles. The molecule has 0 atom stereocenters. The predicted octanol–water partition coefficient (Wildman–Crippen LogP) is 4.62. The maximum Gasteiger partial charge on any atom is 0.417 e. The predicted molar refractivity (Wildman–Crippen MR) is 77.6 cm³/mol. The van der Waals surface area contributed by atoms with Crippen molar-refractivity contribution in [2.45, 2.75) is 22.6 Å². The number of benzene rings is 1. The fourth-order valence-corrected chi connectivity index (χ4v) is 2.76. The van der Waals surface area contributed by atoms with Gasteiger partial charge in [-0.1, -0.05) is 23.4 Å². The molecule has 0 aliphatic heterocycles. The molecule has 0 radical (unpaired) electrons. The third-order valence-corrected chi connectivity index (χ3v) is 3.97. The van der Waals surface area contributed by atoms with Gasteiger partial charge in [0.25, 0.3) is 0 Å². The minimum atomic E-state index is -4.37. The summed E-state index contributed by atoms with van der Waals surface area (Å²) in [6.07, 6.45) is -3.52. The lowest BCUT2D eigenvalue weighted by molar-refractivity contribution is -0.137. The van der Waals surface area contributed by atoms with E-state index in [1.165, 1.54) is 17.8 Å². The van der Waals surface area contributed by atoms with Crippen LogP contribution in [0.4, 0.5) is 13.2 Å². The van der Waals surface area contributed by atoms with Gasteiger partial charge in [-0.3, -0.25) is 0 Å². The molecule has 21 heavy (non-hydrogen) atoms. The Labute approximate surface area is 129 Å². The fraction of sp³-hybridized carbons (Fsp3) is 0.214. The summed E-state index contributed by atoms with van der Waals surface area (Å²) in [5.41, 5.74) is 0.218. The zero-order valence-corrected chi connectivity index (χ0v) is 12.6. The summed E-state index contributed by atoms with van der Waals surface area (Å²) in [6.45, 7) is 0.615. The van der Waals surface area contributed by atoms with Gasteiger partial charge in [0.05, 0.1) is 5.56 Å². The average molecular weight is 333 g/mol. The molecule has 1 heterocycles. The molecule has 0 unspecified atom stereocenters. The quantitative estimate of drug-likeness (QED) is 0.884. The van der Waals surface area contributed by atoms with Gasteiger partial charge in [0.15, 0.2) is 0 Å². The maximum atomic E-state index is 12.5. The highest BCUT2D eigenvalue weighted by atomic mass is 35.5. The van der Waals surface area contributed by atoms with Crippen molar-refractivity contribution < 1.29 is 13.2 Å². The molecule has 2 rings (SSSR count). The minimum Gasteiger partial charge on any atom is -0.316 e. The highest BCUT2D eigenvalue weighted by molar-refractivity contribution is 7.99. The zero-order chi connectivity index (χ0) is 15.5. The lowest BCUT2D eigenvalue weighted by Gasteiger charge is -2.10. The van der Waals surface area contributed by atoms with Crippen LogP contribution < -0.4 is 5.32 Å². The van der Waals surface area contributed by atoms with E-state index in [0.29, 0.717) is 16.6 Å². The third kappa shape index (κ3) is 4.36. The van der Waals surface area contributed by atoms with E-state index in [0.717, 1.165) is 22.7 Å². The molecule has 0 saturated heterocycles. The summed E-state index contributed by atoms with van der Waals surface area (Å²) < 4.78 is 37.5. The van der Waals surface area contributed by atoms with Crippen molar-refractivity contribution in [3.8, 4) is 0 Å². The summed E-state index contributed by atoms with van der Waals surface area (Å²) in [7, 11) is 1.81. The van der Waals surface area contributed by atoms with Crippen molar-refractivity contribution in [1.82, 2.24) is 10.3 Å². The number of alkyl halides is 3. The molecule has 1 N–H and O–H groups in total. The average Bonchev–Trinajstić information content (AvgIpc) is 2.42. The molecular weight excluding hydrogens is 321 g/mol. The topological polar surface area (TPSA) is 24.9 Å². The van der Waals surface area contributed by atoms with Crippen molar-refractivity contribution >= 4 is 23.4 Å². The second-order valence-corrected chi connectivity index (χ2v) is 5.77. The van der Waals surface area contributed by atoms with Gasteiger partial charge in [0.1, 0.15) is 5.03 Å². The summed E-state index contributed by atoms with van der Waals surface area (Å²) in [6, 6.07) is 7.80. The molecule has 0 aliphatic carbocycles. The largest absolute Gasteiger partial charge is 0.417 e. The molecule has 0 bridgehead atoms. The van der Waals surface area contributed by atoms with Crippen LogP contribution in [-0.4, -0.2) is 12.0 Å². The fourth-order valence-electron chi connectivity index (χ4n) is 1.70. The Morgan fingerprint density at radius 1 is 1.24 bits per heavy atom. The van der Waals surface area contributed by atoms with Crippen molar-refractivity contribution in [2.75, 3.05) is 7.05 Å². The summed E-state index contributed by atoms with van der Waals surface area (Å²) >= 11 is 7.25. The second-order valence-electron chi connectivity index (χ2n) is 4.27. The van der Waals surface area contributed by atoms with Crippen LogP contribution in [0.2, 0.25) is 5.02 Å². The monoisotopic (exact) mass is 332 g/mol. The smallest absolute Gasteiger partial charge is 0.316 e. The molecule has 2 nitrogen and oxygen atoms in total. The molecule has 0 saturated carbocycles. The first-order valence-electron chi connectivity index (χ1n) is 6.04. The van der Waals surface area contributed by atoms with Crippen LogP contribution >= 0.6 is 23.4 Å². The number of halogens is 4. The Morgan fingerprint density at radius 3 is 2.57 bits per heavy atom. The van der Waals surface area contributed by atoms with Crippen molar-refractivity contribution in [3.63, 3.8) is 0 Å². The van der Waals surface area contributed by atoms with Gasteiger partial charge in [-0.2, -0.15) is 13.2 Å². The van der Waals surface area contributed by atoms with E-state index in [2.05, 4.69) is 10.3 Å². The third-order valence-electron chi connectivity index (χ3n) is 2.67. The lowest BCUT2D eigenvalue weighted by Crippen LogP contribution is -2.06. The Kier molecular flexibility index (Phi) is 5.13. The molecular formula is C14H12ClF3N2S. The maximum absolute atomic E-state index is 12.5. The van der Waals surface area contributed by atoms with E-state index in [1.807, 2.05) is 19.2 Å². The van der Waals surface area contributed by atoms with Gasteiger partial charge < -0.3 is 5.32 Å². The van der Waals surface area contributed by atoms with Gasteiger partial charge in [0.2, 0.25) is 0 Å². The van der Waals surface area contributed by atoms with Crippen LogP contribution in [-0.2, 0) is 12.7 Å². The molecule has 112 valence electrons. The SMILES string of the molecule is CNCc1cc(Cl)ccc1Sc1ccc(C(F)(F)F)cn1. The molecule has 0 fully saturated rings. The highest BCUT2D eigenvalue weighted by Gasteiger charge is 2.30. The normalized spacial score (nSPS) is 11.7. The van der Waals surface area contributed by atoms with Crippen molar-refractivity contribution in [1.29, 1.82) is 0 Å². The standard InChI is InChI=1S/C14H12ClF3N2S/c1-19-7-9-6-11(15)3-4-12(9)21-13-5-2-10(8-20-13)14(16,17)18/h2-6,8,19H,7H2,1H3. The first kappa shape index (κ1) is 16.1. The van der Waals surface area contributed by atoms with E-state index in [-0.39, 0.29) is 0 Å². The van der Waals surface area contributed by atoms with Crippen LogP contribution in [0.1, 0.15) is 11.1 Å². The van der Waals surface area contributed by atoms with E-state index in [1.54, 1.807) is 6.07 Å². The van der Waals surface area contributed by atoms with Gasteiger partial charge in [-0.15, -0.1) is 0 Å². The number of nitrogens with zero attached hydrogens (tertiary/aromatic N) is 1. The summed E-state index contributed by atoms with van der Waals surface area (Å²) in [5.74, 6) is 0. The van der Waals surface area contributed by atoms with Crippen LogP contribution in [0, 0.1) is 0 Å². The lowest BCUT2D eigenvalue weighted by atomic mass is 10.2.